The van der Waals surface area contributed by atoms with Gasteiger partial charge in [-0.25, -0.2) is 0 Å². The Labute approximate surface area is 189 Å². The maximum Gasteiger partial charge on any atom is 0 e. The first-order valence-electron chi connectivity index (χ1n) is 7.07. The first-order chi connectivity index (χ1) is 13.0. The van der Waals surface area contributed by atoms with Crippen molar-refractivity contribution in [2.45, 2.75) is 0 Å². The molecule has 0 atom stereocenters. The molecule has 0 heterocycles. The van der Waals surface area contributed by atoms with Crippen LogP contribution in [0.5, 0.6) is 0 Å². The zero-order valence-corrected chi connectivity index (χ0v) is 24.0. The van der Waals surface area contributed by atoms with Crippen LogP contribution >= 0.6 is 37.2 Å². The van der Waals surface area contributed by atoms with Gasteiger partial charge in [-0.2, -0.15) is 0 Å². The largest absolute Gasteiger partial charge is 0.333 e. The summed E-state index contributed by atoms with van der Waals surface area (Å²) in [5.41, 5.74) is 54.0. The van der Waals surface area contributed by atoms with Crippen LogP contribution in [-0.4, -0.2) is 84.6 Å². The summed E-state index contributed by atoms with van der Waals surface area (Å²) in [4.78, 5) is 0. The van der Waals surface area contributed by atoms with Gasteiger partial charge in [-0.3, -0.25) is 0 Å². The van der Waals surface area contributed by atoms with Gasteiger partial charge in [-0.15, -0.1) is 0 Å². The number of rotatable bonds is 0. The predicted octanol–water partition coefficient (Wildman–Crippen LogP) is -3.33. The molecule has 182 valence electrons. The molecule has 0 aromatic rings. The monoisotopic (exact) mass is 626 g/mol. The molecule has 0 bridgehead atoms. The SMILES string of the molecule is CN.CN.CN.CN.CN.CN.CN.CN.CN.CN.CN.CN.II. The standard InChI is InChI=1S/12CH5N.I2/c13*1-2/h12*2H2,1H3;. The van der Waals surface area contributed by atoms with Crippen LogP contribution in [0.15, 0.2) is 0 Å². The van der Waals surface area contributed by atoms with Crippen molar-refractivity contribution in [3.8, 4) is 0 Å². The molecule has 0 radical (unpaired) electrons. The van der Waals surface area contributed by atoms with E-state index in [1.807, 2.05) is 0 Å². The third-order valence-corrected chi connectivity index (χ3v) is 0. The Morgan fingerprint density at radius 1 is 0.192 bits per heavy atom. The Morgan fingerprint density at radius 2 is 0.192 bits per heavy atom. The van der Waals surface area contributed by atoms with Crippen molar-refractivity contribution in [2.24, 2.45) is 68.8 Å². The van der Waals surface area contributed by atoms with Crippen LogP contribution in [0.1, 0.15) is 0 Å². The summed E-state index contributed by atoms with van der Waals surface area (Å²) in [5, 5.41) is 0. The molecule has 0 amide bonds. The molecule has 0 spiro atoms. The van der Waals surface area contributed by atoms with Crippen LogP contribution in [0.4, 0.5) is 0 Å². The molecule has 0 rings (SSSR count). The van der Waals surface area contributed by atoms with Crippen molar-refractivity contribution in [1.29, 1.82) is 0 Å². The summed E-state index contributed by atoms with van der Waals surface area (Å²) in [6, 6.07) is 0. The van der Waals surface area contributed by atoms with Gasteiger partial charge in [0.25, 0.3) is 0 Å². The van der Waals surface area contributed by atoms with Crippen LogP contribution in [0.3, 0.4) is 0 Å². The third-order valence-electron chi connectivity index (χ3n) is 0. The molecule has 0 aliphatic carbocycles. The van der Waals surface area contributed by atoms with E-state index in [-0.39, 0.29) is 0 Å². The van der Waals surface area contributed by atoms with Crippen molar-refractivity contribution in [3.05, 3.63) is 0 Å². The Hall–Kier alpha value is 0.980. The second-order valence-corrected chi connectivity index (χ2v) is 0. The highest BCUT2D eigenvalue weighted by Gasteiger charge is 1.00. The van der Waals surface area contributed by atoms with E-state index in [4.69, 9.17) is 0 Å². The second-order valence-electron chi connectivity index (χ2n) is 0. The summed E-state index contributed by atoms with van der Waals surface area (Å²) in [5.74, 6) is 0. The summed E-state index contributed by atoms with van der Waals surface area (Å²) >= 11 is 4.24. The number of halogens is 2. The Morgan fingerprint density at radius 3 is 0.192 bits per heavy atom. The lowest BCUT2D eigenvalue weighted by molar-refractivity contribution is 1.48. The first-order valence-corrected chi connectivity index (χ1v) is 13.4. The molecule has 0 fully saturated rings. The van der Waals surface area contributed by atoms with Crippen LogP contribution < -0.4 is 68.8 Å². The lowest BCUT2D eigenvalue weighted by Crippen LogP contribution is -1.69. The first kappa shape index (κ1) is 93.2. The summed E-state index contributed by atoms with van der Waals surface area (Å²) in [6.45, 7) is 0. The zero-order valence-electron chi connectivity index (χ0n) is 19.7. The quantitative estimate of drug-likeness (QED) is 0.118. The fraction of sp³-hybridized carbons (Fsp3) is 1.00. The van der Waals surface area contributed by atoms with Gasteiger partial charge in [0.1, 0.15) is 0 Å². The molecule has 0 aromatic heterocycles. The van der Waals surface area contributed by atoms with E-state index in [0.717, 1.165) is 0 Å². The van der Waals surface area contributed by atoms with E-state index in [9.17, 15) is 0 Å². The maximum atomic E-state index is 4.50. The van der Waals surface area contributed by atoms with E-state index >= 15 is 0 Å². The van der Waals surface area contributed by atoms with Gasteiger partial charge in [-0.1, -0.05) is 0 Å². The van der Waals surface area contributed by atoms with Crippen LogP contribution in [0.2, 0.25) is 0 Å². The predicted molar refractivity (Wildman–Crippen MR) is 149 cm³/mol. The van der Waals surface area contributed by atoms with Crippen LogP contribution in [-0.2, 0) is 0 Å². The molecular formula is C12H60I2N12. The fourth-order valence-electron chi connectivity index (χ4n) is 0. The fourth-order valence-corrected chi connectivity index (χ4v) is 0. The molecule has 0 saturated heterocycles. The van der Waals surface area contributed by atoms with Gasteiger partial charge in [0.15, 0.2) is 0 Å². The normalized spacial score (nSPS) is 3.00. The highest BCUT2D eigenvalue weighted by atomic mass is 128. The van der Waals surface area contributed by atoms with Crippen molar-refractivity contribution < 1.29 is 0 Å². The zero-order chi connectivity index (χ0) is 26.0. The van der Waals surface area contributed by atoms with Gasteiger partial charge in [-0.05, 0) is 84.6 Å². The van der Waals surface area contributed by atoms with E-state index < -0.39 is 0 Å². The number of nitrogens with two attached hydrogens (primary N) is 12. The molecule has 0 aliphatic rings. The van der Waals surface area contributed by atoms with E-state index in [0.29, 0.717) is 0 Å². The van der Waals surface area contributed by atoms with Gasteiger partial charge >= 0.3 is 0 Å². The van der Waals surface area contributed by atoms with E-state index in [2.05, 4.69) is 106 Å². The molecule has 0 saturated carbocycles. The van der Waals surface area contributed by atoms with Crippen molar-refractivity contribution in [1.82, 2.24) is 0 Å². The highest BCUT2D eigenvalue weighted by Crippen LogP contribution is 1.89. The molecular weight excluding hydrogens is 566 g/mol. The Kier molecular flexibility index (Phi) is 60500. The Balaban J connectivity index is -0.00000000640. The molecule has 26 heavy (non-hydrogen) atoms. The van der Waals surface area contributed by atoms with Crippen molar-refractivity contribution >= 4 is 37.2 Å². The van der Waals surface area contributed by atoms with Gasteiger partial charge in [0.05, 0.1) is 0 Å². The molecule has 0 unspecified atom stereocenters. The topological polar surface area (TPSA) is 312 Å². The van der Waals surface area contributed by atoms with E-state index in [1.54, 1.807) is 0 Å². The van der Waals surface area contributed by atoms with Gasteiger partial charge < -0.3 is 68.8 Å². The minimum absolute atomic E-state index is 1.50. The summed E-state index contributed by atoms with van der Waals surface area (Å²) < 4.78 is 0. The lowest BCUT2D eigenvalue weighted by atomic mass is 11.6. The van der Waals surface area contributed by atoms with Crippen molar-refractivity contribution in [3.63, 3.8) is 0 Å². The highest BCUT2D eigenvalue weighted by molar-refractivity contribution is 15.0. The maximum absolute atomic E-state index is 4.50. The third kappa shape index (κ3) is 15000. The number of hydrogen-bond acceptors (Lipinski definition) is 12. The molecule has 0 aliphatic heterocycles. The summed E-state index contributed by atoms with van der Waals surface area (Å²) in [7, 11) is 18.0. The lowest BCUT2D eigenvalue weighted by Gasteiger charge is -1.19. The molecule has 24 N–H and O–H groups in total. The second kappa shape index (κ2) is 16900. The number of hydrogen-bond donors (Lipinski definition) is 12. The molecule has 0 aromatic carbocycles. The summed E-state index contributed by atoms with van der Waals surface area (Å²) in [6.07, 6.45) is 0. The molecule has 12 nitrogen and oxygen atoms in total. The minimum atomic E-state index is 1.50. The average Bonchev–Trinajstić information content (AvgIpc) is 2.90. The van der Waals surface area contributed by atoms with E-state index in [1.165, 1.54) is 84.6 Å². The van der Waals surface area contributed by atoms with Crippen LogP contribution in [0, 0.1) is 0 Å². The smallest absolute Gasteiger partial charge is 0 e. The average molecular weight is 627 g/mol. The van der Waals surface area contributed by atoms with Gasteiger partial charge in [0, 0.05) is 37.2 Å². The molecule has 14 heteroatoms. The van der Waals surface area contributed by atoms with Crippen LogP contribution in [0.25, 0.3) is 0 Å². The van der Waals surface area contributed by atoms with Crippen molar-refractivity contribution in [2.75, 3.05) is 84.6 Å². The van der Waals surface area contributed by atoms with Gasteiger partial charge in [0.2, 0.25) is 0 Å². The minimum Gasteiger partial charge on any atom is -0.333 e. The Bertz CT molecular complexity index is 34.2.